The zero-order chi connectivity index (χ0) is 11.3. The molecule has 1 aromatic heterocycles. The molecule has 0 aromatic carbocycles. The van der Waals surface area contributed by atoms with Gasteiger partial charge in [0.1, 0.15) is 5.88 Å². The molecule has 1 amide bonds. The highest BCUT2D eigenvalue weighted by Gasteiger charge is 2.08. The van der Waals surface area contributed by atoms with E-state index in [2.05, 4.69) is 29.4 Å². The van der Waals surface area contributed by atoms with Crippen LogP contribution >= 0.6 is 11.6 Å². The molecule has 84 valence electrons. The molecule has 0 aliphatic carbocycles. The van der Waals surface area contributed by atoms with Crippen LogP contribution in [-0.4, -0.2) is 22.0 Å². The van der Waals surface area contributed by atoms with Crippen molar-refractivity contribution in [1.29, 1.82) is 0 Å². The van der Waals surface area contributed by atoms with Crippen molar-refractivity contribution >= 4 is 17.5 Å². The van der Waals surface area contributed by atoms with E-state index in [0.717, 1.165) is 6.42 Å². The molecule has 0 aliphatic heterocycles. The van der Waals surface area contributed by atoms with E-state index in [9.17, 15) is 4.79 Å². The van der Waals surface area contributed by atoms with Crippen LogP contribution < -0.4 is 5.32 Å². The standard InChI is InChI=1S/C9H14ClN3O2/c1-6(2)3-8-12-13-9(15-8)5-11-7(14)4-10/h6H,3-5H2,1-2H3,(H,11,14). The van der Waals surface area contributed by atoms with Gasteiger partial charge in [-0.3, -0.25) is 4.79 Å². The van der Waals surface area contributed by atoms with Crippen molar-refractivity contribution in [3.8, 4) is 0 Å². The van der Waals surface area contributed by atoms with Crippen LogP contribution in [0, 0.1) is 5.92 Å². The zero-order valence-corrected chi connectivity index (χ0v) is 9.54. The molecule has 0 fully saturated rings. The molecule has 0 atom stereocenters. The van der Waals surface area contributed by atoms with Gasteiger partial charge in [-0.2, -0.15) is 0 Å². The molecule has 5 nitrogen and oxygen atoms in total. The smallest absolute Gasteiger partial charge is 0.235 e. The van der Waals surface area contributed by atoms with Crippen molar-refractivity contribution < 1.29 is 9.21 Å². The number of alkyl halides is 1. The van der Waals surface area contributed by atoms with Crippen LogP contribution in [0.25, 0.3) is 0 Å². The number of aromatic nitrogens is 2. The molecule has 0 saturated heterocycles. The molecule has 0 spiro atoms. The van der Waals surface area contributed by atoms with E-state index in [0.29, 0.717) is 17.7 Å². The summed E-state index contributed by atoms with van der Waals surface area (Å²) in [5, 5.41) is 10.2. The molecule has 0 saturated carbocycles. The van der Waals surface area contributed by atoms with Crippen LogP contribution in [0.3, 0.4) is 0 Å². The van der Waals surface area contributed by atoms with E-state index in [1.54, 1.807) is 0 Å². The van der Waals surface area contributed by atoms with Crippen LogP contribution in [0.5, 0.6) is 0 Å². The van der Waals surface area contributed by atoms with Crippen molar-refractivity contribution in [2.45, 2.75) is 26.8 Å². The van der Waals surface area contributed by atoms with Gasteiger partial charge in [0.05, 0.1) is 6.54 Å². The second-order valence-corrected chi connectivity index (χ2v) is 3.87. The Balaban J connectivity index is 2.42. The molecule has 1 rings (SSSR count). The van der Waals surface area contributed by atoms with E-state index in [1.807, 2.05) is 0 Å². The van der Waals surface area contributed by atoms with Gasteiger partial charge in [-0.1, -0.05) is 13.8 Å². The number of rotatable bonds is 5. The first-order valence-corrected chi connectivity index (χ1v) is 5.29. The summed E-state index contributed by atoms with van der Waals surface area (Å²) in [6.45, 7) is 4.37. The van der Waals surface area contributed by atoms with Crippen LogP contribution in [0.2, 0.25) is 0 Å². The monoisotopic (exact) mass is 231 g/mol. The average molecular weight is 232 g/mol. The summed E-state index contributed by atoms with van der Waals surface area (Å²) in [4.78, 5) is 10.8. The van der Waals surface area contributed by atoms with E-state index < -0.39 is 0 Å². The Hall–Kier alpha value is -1.10. The first-order valence-electron chi connectivity index (χ1n) is 4.75. The third-order valence-electron chi connectivity index (χ3n) is 1.65. The molecular formula is C9H14ClN3O2. The van der Waals surface area contributed by atoms with Crippen molar-refractivity contribution in [3.05, 3.63) is 11.8 Å². The summed E-state index contributed by atoms with van der Waals surface area (Å²) < 4.78 is 5.31. The SMILES string of the molecule is CC(C)Cc1nnc(CNC(=O)CCl)o1. The first kappa shape index (κ1) is 12.0. The second-order valence-electron chi connectivity index (χ2n) is 3.60. The van der Waals surface area contributed by atoms with Gasteiger partial charge in [-0.25, -0.2) is 0 Å². The van der Waals surface area contributed by atoms with Gasteiger partial charge in [-0.15, -0.1) is 21.8 Å². The Morgan fingerprint density at radius 3 is 2.73 bits per heavy atom. The number of nitrogens with zero attached hydrogens (tertiary/aromatic N) is 2. The molecule has 1 N–H and O–H groups in total. The predicted octanol–water partition coefficient (Wildman–Crippen LogP) is 1.12. The van der Waals surface area contributed by atoms with Crippen molar-refractivity contribution in [2.75, 3.05) is 5.88 Å². The van der Waals surface area contributed by atoms with Gasteiger partial charge in [-0.05, 0) is 5.92 Å². The Morgan fingerprint density at radius 2 is 2.13 bits per heavy atom. The quantitative estimate of drug-likeness (QED) is 0.772. The van der Waals surface area contributed by atoms with Crippen molar-refractivity contribution in [2.24, 2.45) is 5.92 Å². The van der Waals surface area contributed by atoms with E-state index in [-0.39, 0.29) is 18.3 Å². The summed E-state index contributed by atoms with van der Waals surface area (Å²) in [7, 11) is 0. The maximum Gasteiger partial charge on any atom is 0.235 e. The Morgan fingerprint density at radius 1 is 1.47 bits per heavy atom. The number of halogens is 1. The van der Waals surface area contributed by atoms with Gasteiger partial charge in [0.2, 0.25) is 17.7 Å². The lowest BCUT2D eigenvalue weighted by atomic mass is 10.1. The van der Waals surface area contributed by atoms with E-state index >= 15 is 0 Å². The molecule has 6 heteroatoms. The van der Waals surface area contributed by atoms with Crippen molar-refractivity contribution in [3.63, 3.8) is 0 Å². The normalized spacial score (nSPS) is 10.7. The molecule has 15 heavy (non-hydrogen) atoms. The highest BCUT2D eigenvalue weighted by molar-refractivity contribution is 6.27. The van der Waals surface area contributed by atoms with E-state index in [1.165, 1.54) is 0 Å². The van der Waals surface area contributed by atoms with Crippen LogP contribution in [0.4, 0.5) is 0 Å². The third kappa shape index (κ3) is 4.29. The van der Waals surface area contributed by atoms with Crippen LogP contribution in [0.1, 0.15) is 25.6 Å². The number of hydrogen-bond donors (Lipinski definition) is 1. The highest BCUT2D eigenvalue weighted by Crippen LogP contribution is 2.06. The van der Waals surface area contributed by atoms with Gasteiger partial charge in [0.15, 0.2) is 0 Å². The minimum Gasteiger partial charge on any atom is -0.423 e. The first-order chi connectivity index (χ1) is 7.11. The Kier molecular flexibility index (Phi) is 4.55. The molecule has 0 radical (unpaired) electrons. The lowest BCUT2D eigenvalue weighted by Crippen LogP contribution is -2.23. The zero-order valence-electron chi connectivity index (χ0n) is 8.79. The molecule has 0 unspecified atom stereocenters. The summed E-state index contributed by atoms with van der Waals surface area (Å²) in [6, 6.07) is 0. The lowest BCUT2D eigenvalue weighted by Gasteiger charge is -1.98. The average Bonchev–Trinajstić information content (AvgIpc) is 2.61. The maximum absolute atomic E-state index is 10.8. The fourth-order valence-corrected chi connectivity index (χ4v) is 1.11. The summed E-state index contributed by atoms with van der Waals surface area (Å²) in [5.41, 5.74) is 0. The van der Waals surface area contributed by atoms with Gasteiger partial charge >= 0.3 is 0 Å². The second kappa shape index (κ2) is 5.70. The largest absolute Gasteiger partial charge is 0.423 e. The Labute approximate surface area is 93.2 Å². The number of hydrogen-bond acceptors (Lipinski definition) is 4. The van der Waals surface area contributed by atoms with E-state index in [4.69, 9.17) is 16.0 Å². The maximum atomic E-state index is 10.8. The minimum atomic E-state index is -0.250. The number of carbonyl (C=O) groups excluding carboxylic acids is 1. The summed E-state index contributed by atoms with van der Waals surface area (Å²) in [5.74, 6) is 1.16. The third-order valence-corrected chi connectivity index (χ3v) is 1.89. The Bertz CT molecular complexity index is 325. The summed E-state index contributed by atoms with van der Waals surface area (Å²) >= 11 is 5.31. The summed E-state index contributed by atoms with van der Waals surface area (Å²) in [6.07, 6.45) is 0.746. The molecule has 1 aromatic rings. The lowest BCUT2D eigenvalue weighted by molar-refractivity contribution is -0.118. The van der Waals surface area contributed by atoms with Crippen LogP contribution in [-0.2, 0) is 17.8 Å². The topological polar surface area (TPSA) is 68.0 Å². The number of nitrogens with one attached hydrogen (secondary N) is 1. The van der Waals surface area contributed by atoms with Gasteiger partial charge < -0.3 is 9.73 Å². The fraction of sp³-hybridized carbons (Fsp3) is 0.667. The number of amides is 1. The molecule has 0 aliphatic rings. The minimum absolute atomic E-state index is 0.0625. The van der Waals surface area contributed by atoms with Crippen molar-refractivity contribution in [1.82, 2.24) is 15.5 Å². The van der Waals surface area contributed by atoms with Crippen LogP contribution in [0.15, 0.2) is 4.42 Å². The molecule has 1 heterocycles. The highest BCUT2D eigenvalue weighted by atomic mass is 35.5. The molecular weight excluding hydrogens is 218 g/mol. The van der Waals surface area contributed by atoms with Gasteiger partial charge in [0, 0.05) is 6.42 Å². The predicted molar refractivity (Wildman–Crippen MR) is 55.4 cm³/mol. The fourth-order valence-electron chi connectivity index (χ4n) is 1.01. The number of carbonyl (C=O) groups is 1. The van der Waals surface area contributed by atoms with Gasteiger partial charge in [0.25, 0.3) is 0 Å². The molecule has 0 bridgehead atoms.